The highest BCUT2D eigenvalue weighted by Crippen LogP contribution is 2.60. The Hall–Kier alpha value is -4.09. The molecule has 0 saturated heterocycles. The fourth-order valence-corrected chi connectivity index (χ4v) is 11.9. The van der Waals surface area contributed by atoms with Crippen LogP contribution in [0.25, 0.3) is 11.8 Å². The SMILES string of the molecule is NCCC1=CC(CCCCCCC2CC=CCC(C(=O)O)C34CC5C(O)=c6ccccc6=CC5CC3CCc3ccc(cc34)CC2c2ccc(O)cc2)CC1. The fraction of sp³-hybridized carbons (Fsp3) is 0.500. The maximum atomic E-state index is 13.6. The Bertz CT molecular complexity index is 2030. The Morgan fingerprint density at radius 3 is 2.45 bits per heavy atom. The van der Waals surface area contributed by atoms with Crippen molar-refractivity contribution in [3.63, 3.8) is 0 Å². The number of rotatable bonds is 11. The Balaban J connectivity index is 1.09. The number of phenols is 1. The molecule has 5 nitrogen and oxygen atoms in total. The molecule has 1 saturated carbocycles. The third-order valence-electron chi connectivity index (χ3n) is 14.7. The molecule has 5 heteroatoms. The van der Waals surface area contributed by atoms with E-state index in [4.69, 9.17) is 5.73 Å². The Kier molecular flexibility index (Phi) is 11.4. The van der Waals surface area contributed by atoms with Gasteiger partial charge in [0.05, 0.1) is 5.92 Å². The summed E-state index contributed by atoms with van der Waals surface area (Å²) >= 11 is 0. The van der Waals surface area contributed by atoms with E-state index in [2.05, 4.69) is 60.7 Å². The standard InChI is InChI=1S/C50H61NO4/c51-26-25-34-16-15-33(27-34)9-3-1-2-4-10-36-11-6-8-14-46(49(54)55)50-32-45-40(30-39-12-5-7-13-43(39)48(45)53)31-41(50)22-19-38-18-17-35(29-47(38)50)28-44(36)37-20-23-42(52)24-21-37/h5-8,12-13,17-18,20-21,23-24,27,29-30,33,36,40-41,44-46,52-53H,1-4,9-11,14-16,19,22,25-26,28,31-32,51H2,(H,54,55). The molecular weight excluding hydrogens is 679 g/mol. The zero-order valence-corrected chi connectivity index (χ0v) is 32.5. The number of aliphatic hydroxyl groups is 1. The molecular formula is C50H61NO4. The van der Waals surface area contributed by atoms with Crippen LogP contribution in [0.1, 0.15) is 118 Å². The van der Waals surface area contributed by atoms with Crippen molar-refractivity contribution in [1.29, 1.82) is 0 Å². The monoisotopic (exact) mass is 739 g/mol. The minimum absolute atomic E-state index is 0.100. The lowest BCUT2D eigenvalue weighted by Gasteiger charge is -2.56. The number of aryl methyl sites for hydroxylation is 1. The number of fused-ring (bicyclic) bond motifs is 3. The summed E-state index contributed by atoms with van der Waals surface area (Å²) in [5, 5.41) is 35.3. The Morgan fingerprint density at radius 2 is 1.64 bits per heavy atom. The van der Waals surface area contributed by atoms with Crippen LogP contribution in [0.2, 0.25) is 0 Å². The fourth-order valence-electron chi connectivity index (χ4n) is 11.9. The average molecular weight is 740 g/mol. The quantitative estimate of drug-likeness (QED) is 0.116. The van der Waals surface area contributed by atoms with Crippen LogP contribution in [-0.2, 0) is 23.1 Å². The summed E-state index contributed by atoms with van der Waals surface area (Å²) in [5.74, 6) is 1.18. The minimum Gasteiger partial charge on any atom is -0.511 e. The molecule has 5 aliphatic carbocycles. The summed E-state index contributed by atoms with van der Waals surface area (Å²) in [5.41, 5.74) is 11.8. The van der Waals surface area contributed by atoms with E-state index < -0.39 is 17.3 Å². The van der Waals surface area contributed by atoms with Crippen LogP contribution in [0.3, 0.4) is 0 Å². The van der Waals surface area contributed by atoms with Crippen LogP contribution in [0.15, 0.2) is 90.5 Å². The van der Waals surface area contributed by atoms with Gasteiger partial charge in [-0.2, -0.15) is 0 Å². The number of carboxylic acid groups (broad SMARTS) is 1. The molecule has 8 rings (SSSR count). The van der Waals surface area contributed by atoms with Crippen LogP contribution in [0.5, 0.6) is 5.75 Å². The molecule has 290 valence electrons. The number of carbonyl (C=O) groups is 1. The molecule has 3 aromatic carbocycles. The number of aromatic hydroxyl groups is 1. The van der Waals surface area contributed by atoms with Gasteiger partial charge in [0.2, 0.25) is 0 Å². The summed E-state index contributed by atoms with van der Waals surface area (Å²) in [6.07, 6.45) is 26.0. The second-order valence-electron chi connectivity index (χ2n) is 17.8. The first-order valence-electron chi connectivity index (χ1n) is 21.5. The van der Waals surface area contributed by atoms with Gasteiger partial charge in [-0.15, -0.1) is 0 Å². The highest BCUT2D eigenvalue weighted by Gasteiger charge is 2.57. The summed E-state index contributed by atoms with van der Waals surface area (Å²) in [6, 6.07) is 23.1. The minimum atomic E-state index is -0.717. The Labute approximate surface area is 327 Å². The number of aliphatic hydroxyl groups excluding tert-OH is 1. The van der Waals surface area contributed by atoms with E-state index in [0.29, 0.717) is 30.3 Å². The number of nitrogens with two attached hydrogens (primary N) is 1. The number of phenolic OH excluding ortho intramolecular Hbond substituents is 1. The van der Waals surface area contributed by atoms with Crippen molar-refractivity contribution in [2.75, 3.05) is 6.54 Å². The lowest BCUT2D eigenvalue weighted by Crippen LogP contribution is -2.55. The topological polar surface area (TPSA) is 104 Å². The molecule has 0 amide bonds. The van der Waals surface area contributed by atoms with Gasteiger partial charge in [-0.25, -0.2) is 0 Å². The average Bonchev–Trinajstić information content (AvgIpc) is 3.64. The third kappa shape index (κ3) is 7.71. The molecule has 0 aromatic heterocycles. The number of benzene rings is 3. The van der Waals surface area contributed by atoms with Gasteiger partial charge in [0.25, 0.3) is 0 Å². The van der Waals surface area contributed by atoms with Crippen molar-refractivity contribution in [3.8, 4) is 5.75 Å². The first-order valence-corrected chi connectivity index (χ1v) is 21.5. The lowest BCUT2D eigenvalue weighted by atomic mass is 9.47. The molecule has 5 aliphatic rings. The molecule has 1 spiro atoms. The molecule has 8 atom stereocenters. The number of allylic oxidation sites excluding steroid dienone is 3. The summed E-state index contributed by atoms with van der Waals surface area (Å²) < 4.78 is 0. The zero-order valence-electron chi connectivity index (χ0n) is 32.5. The predicted molar refractivity (Wildman–Crippen MR) is 222 cm³/mol. The van der Waals surface area contributed by atoms with Crippen LogP contribution in [0.4, 0.5) is 0 Å². The predicted octanol–water partition coefficient (Wildman–Crippen LogP) is 9.40. The molecule has 1 fully saturated rings. The highest BCUT2D eigenvalue weighted by atomic mass is 16.4. The number of hydrogen-bond donors (Lipinski definition) is 4. The van der Waals surface area contributed by atoms with Gasteiger partial charge >= 0.3 is 5.97 Å². The van der Waals surface area contributed by atoms with Crippen molar-refractivity contribution in [2.24, 2.45) is 41.2 Å². The summed E-state index contributed by atoms with van der Waals surface area (Å²) in [6.45, 7) is 0.758. The zero-order chi connectivity index (χ0) is 37.9. The smallest absolute Gasteiger partial charge is 0.307 e. The molecule has 8 unspecified atom stereocenters. The van der Waals surface area contributed by atoms with Gasteiger partial charge < -0.3 is 21.1 Å². The van der Waals surface area contributed by atoms with Gasteiger partial charge in [0.15, 0.2) is 0 Å². The Morgan fingerprint density at radius 1 is 0.836 bits per heavy atom. The van der Waals surface area contributed by atoms with E-state index in [-0.39, 0.29) is 23.7 Å². The largest absolute Gasteiger partial charge is 0.511 e. The van der Waals surface area contributed by atoms with Gasteiger partial charge in [-0.05, 0) is 153 Å². The maximum absolute atomic E-state index is 13.6. The molecule has 0 aliphatic heterocycles. The van der Waals surface area contributed by atoms with Crippen molar-refractivity contribution in [2.45, 2.75) is 114 Å². The van der Waals surface area contributed by atoms with Crippen LogP contribution >= 0.6 is 0 Å². The van der Waals surface area contributed by atoms with Crippen LogP contribution in [0, 0.1) is 35.5 Å². The molecule has 3 aromatic rings. The van der Waals surface area contributed by atoms with E-state index in [1.165, 1.54) is 67.2 Å². The molecule has 0 heterocycles. The second kappa shape index (κ2) is 16.6. The van der Waals surface area contributed by atoms with E-state index >= 15 is 0 Å². The number of unbranched alkanes of at least 4 members (excludes halogenated alkanes) is 3. The molecule has 55 heavy (non-hydrogen) atoms. The lowest BCUT2D eigenvalue weighted by molar-refractivity contribution is -0.147. The van der Waals surface area contributed by atoms with Gasteiger partial charge in [0.1, 0.15) is 11.5 Å². The molecule has 5 N–H and O–H groups in total. The van der Waals surface area contributed by atoms with Crippen molar-refractivity contribution < 1.29 is 20.1 Å². The summed E-state index contributed by atoms with van der Waals surface area (Å²) in [7, 11) is 0. The van der Waals surface area contributed by atoms with Crippen LogP contribution in [-0.4, -0.2) is 27.8 Å². The van der Waals surface area contributed by atoms with E-state index in [1.807, 2.05) is 30.3 Å². The molecule has 0 radical (unpaired) electrons. The second-order valence-corrected chi connectivity index (χ2v) is 17.8. The van der Waals surface area contributed by atoms with Gasteiger partial charge in [0, 0.05) is 16.6 Å². The maximum Gasteiger partial charge on any atom is 0.307 e. The van der Waals surface area contributed by atoms with Crippen LogP contribution < -0.4 is 16.2 Å². The molecule has 2 bridgehead atoms. The van der Waals surface area contributed by atoms with Gasteiger partial charge in [-0.1, -0.05) is 110 Å². The van der Waals surface area contributed by atoms with Crippen molar-refractivity contribution in [1.82, 2.24) is 0 Å². The third-order valence-corrected chi connectivity index (χ3v) is 14.7. The number of hydrogen-bond acceptors (Lipinski definition) is 4. The van der Waals surface area contributed by atoms with Crippen molar-refractivity contribution >= 4 is 17.8 Å². The first-order chi connectivity index (χ1) is 26.8. The van der Waals surface area contributed by atoms with Gasteiger partial charge in [-0.3, -0.25) is 4.79 Å². The highest BCUT2D eigenvalue weighted by molar-refractivity contribution is 5.74. The van der Waals surface area contributed by atoms with Crippen molar-refractivity contribution in [3.05, 3.63) is 123 Å². The summed E-state index contributed by atoms with van der Waals surface area (Å²) in [4.78, 5) is 13.6. The van der Waals surface area contributed by atoms with E-state index in [0.717, 1.165) is 67.8 Å². The normalized spacial score (nSPS) is 29.8. The van der Waals surface area contributed by atoms with E-state index in [1.54, 1.807) is 5.57 Å². The van der Waals surface area contributed by atoms with E-state index in [9.17, 15) is 20.1 Å². The number of carboxylic acids is 1. The first kappa shape index (κ1) is 37.8. The number of aliphatic carboxylic acids is 1.